The molecule has 21 heavy (non-hydrogen) atoms. The monoisotopic (exact) mass is 307 g/mol. The predicted molar refractivity (Wildman–Crippen MR) is 72.5 cm³/mol. The van der Waals surface area contributed by atoms with Gasteiger partial charge >= 0.3 is 6.18 Å². The van der Waals surface area contributed by atoms with Gasteiger partial charge in [0.2, 0.25) is 5.91 Å². The van der Waals surface area contributed by atoms with Crippen molar-refractivity contribution < 1.29 is 23.1 Å². The van der Waals surface area contributed by atoms with Crippen molar-refractivity contribution >= 4 is 5.91 Å². The molecule has 0 aromatic heterocycles. The Labute approximate surface area is 123 Å². The van der Waals surface area contributed by atoms with Crippen LogP contribution in [0.2, 0.25) is 0 Å². The third kappa shape index (κ3) is 4.11. The van der Waals surface area contributed by atoms with Gasteiger partial charge in [0, 0.05) is 19.0 Å². The fraction of sp³-hybridized carbons (Fsp3) is 0.933. The standard InChI is InChI=1S/C15H24F3NO2/c1-10-2-4-12(5-3-10)14(21)19-8-6-11(7-9-19)13(20)15(16,17)18/h10-13,20H,2-9H2,1H3. The number of carbonyl (C=O) groups excluding carboxylic acids is 1. The molecule has 0 radical (unpaired) electrons. The van der Waals surface area contributed by atoms with Crippen molar-refractivity contribution in [3.63, 3.8) is 0 Å². The Balaban J connectivity index is 1.82. The molecule has 6 heteroatoms. The molecule has 122 valence electrons. The topological polar surface area (TPSA) is 40.5 Å². The molecule has 1 unspecified atom stereocenters. The molecule has 3 nitrogen and oxygen atoms in total. The molecule has 1 amide bonds. The van der Waals surface area contributed by atoms with E-state index in [1.54, 1.807) is 4.90 Å². The van der Waals surface area contributed by atoms with Gasteiger partial charge in [0.15, 0.2) is 6.10 Å². The Morgan fingerprint density at radius 1 is 1.10 bits per heavy atom. The summed E-state index contributed by atoms with van der Waals surface area (Å²) in [7, 11) is 0. The number of hydrogen-bond acceptors (Lipinski definition) is 2. The predicted octanol–water partition coefficient (Wildman–Crippen LogP) is 2.97. The number of alkyl halides is 3. The van der Waals surface area contributed by atoms with Crippen LogP contribution in [0.4, 0.5) is 13.2 Å². The van der Waals surface area contributed by atoms with Gasteiger partial charge in [0.05, 0.1) is 0 Å². The van der Waals surface area contributed by atoms with E-state index in [-0.39, 0.29) is 24.7 Å². The molecule has 1 aliphatic heterocycles. The Morgan fingerprint density at radius 3 is 2.10 bits per heavy atom. The fourth-order valence-electron chi connectivity index (χ4n) is 3.47. The van der Waals surface area contributed by atoms with Crippen LogP contribution >= 0.6 is 0 Å². The average molecular weight is 307 g/mol. The van der Waals surface area contributed by atoms with Crippen molar-refractivity contribution in [3.8, 4) is 0 Å². The summed E-state index contributed by atoms with van der Waals surface area (Å²) in [6.07, 6.45) is -2.46. The zero-order chi connectivity index (χ0) is 15.6. The number of piperidine rings is 1. The van der Waals surface area contributed by atoms with Gasteiger partial charge in [-0.2, -0.15) is 13.2 Å². The van der Waals surface area contributed by atoms with E-state index >= 15 is 0 Å². The van der Waals surface area contributed by atoms with Gasteiger partial charge < -0.3 is 10.0 Å². The number of rotatable bonds is 2. The maximum absolute atomic E-state index is 12.5. The summed E-state index contributed by atoms with van der Waals surface area (Å²) in [4.78, 5) is 14.1. The summed E-state index contributed by atoms with van der Waals surface area (Å²) in [5.74, 6) is 0.0364. The van der Waals surface area contributed by atoms with E-state index in [1.807, 2.05) is 0 Å². The van der Waals surface area contributed by atoms with E-state index in [2.05, 4.69) is 6.92 Å². The van der Waals surface area contributed by atoms with Crippen LogP contribution in [0.1, 0.15) is 45.4 Å². The van der Waals surface area contributed by atoms with Gasteiger partial charge in [-0.25, -0.2) is 0 Å². The molecule has 1 saturated heterocycles. The summed E-state index contributed by atoms with van der Waals surface area (Å²) in [6, 6.07) is 0. The molecule has 2 fully saturated rings. The molecule has 1 N–H and O–H groups in total. The van der Waals surface area contributed by atoms with E-state index in [9.17, 15) is 23.1 Å². The first-order valence-electron chi connectivity index (χ1n) is 7.82. The smallest absolute Gasteiger partial charge is 0.383 e. The second-order valence-electron chi connectivity index (χ2n) is 6.61. The van der Waals surface area contributed by atoms with Gasteiger partial charge in [-0.1, -0.05) is 6.92 Å². The Bertz CT molecular complexity index is 356. The highest BCUT2D eigenvalue weighted by atomic mass is 19.4. The van der Waals surface area contributed by atoms with Crippen LogP contribution in [0.15, 0.2) is 0 Å². The molecule has 0 spiro atoms. The normalized spacial score (nSPS) is 30.2. The first-order chi connectivity index (χ1) is 9.79. The minimum Gasteiger partial charge on any atom is -0.383 e. The highest BCUT2D eigenvalue weighted by Gasteiger charge is 2.44. The summed E-state index contributed by atoms with van der Waals surface area (Å²) in [5, 5.41) is 9.28. The van der Waals surface area contributed by atoms with E-state index in [4.69, 9.17) is 0 Å². The zero-order valence-electron chi connectivity index (χ0n) is 12.4. The van der Waals surface area contributed by atoms with Crippen LogP contribution in [0.25, 0.3) is 0 Å². The molecule has 1 saturated carbocycles. The minimum absolute atomic E-state index is 0.0466. The Hall–Kier alpha value is -0.780. The number of likely N-dealkylation sites (tertiary alicyclic amines) is 1. The van der Waals surface area contributed by atoms with Crippen LogP contribution < -0.4 is 0 Å². The lowest BCUT2D eigenvalue weighted by molar-refractivity contribution is -0.223. The van der Waals surface area contributed by atoms with E-state index in [0.717, 1.165) is 25.7 Å². The number of aliphatic hydroxyl groups excluding tert-OH is 1. The fourth-order valence-corrected chi connectivity index (χ4v) is 3.47. The van der Waals surface area contributed by atoms with E-state index in [0.29, 0.717) is 19.0 Å². The van der Waals surface area contributed by atoms with Crippen molar-refractivity contribution in [2.24, 2.45) is 17.8 Å². The molecule has 1 aliphatic carbocycles. The second kappa shape index (κ2) is 6.55. The zero-order valence-corrected chi connectivity index (χ0v) is 12.4. The molecule has 2 rings (SSSR count). The summed E-state index contributed by atoms with van der Waals surface area (Å²) < 4.78 is 37.5. The SMILES string of the molecule is CC1CCC(C(=O)N2CCC(C(O)C(F)(F)F)CC2)CC1. The van der Waals surface area contributed by atoms with Gasteiger partial charge in [0.25, 0.3) is 0 Å². The summed E-state index contributed by atoms with van der Waals surface area (Å²) in [6.45, 7) is 2.86. The average Bonchev–Trinajstić information content (AvgIpc) is 2.46. The van der Waals surface area contributed by atoms with Crippen molar-refractivity contribution in [3.05, 3.63) is 0 Å². The number of carbonyl (C=O) groups is 1. The second-order valence-corrected chi connectivity index (χ2v) is 6.61. The number of hydrogen-bond donors (Lipinski definition) is 1. The van der Waals surface area contributed by atoms with Crippen molar-refractivity contribution in [1.82, 2.24) is 4.90 Å². The Kier molecular flexibility index (Phi) is 5.17. The first kappa shape index (κ1) is 16.6. The number of halogens is 3. The maximum Gasteiger partial charge on any atom is 0.414 e. The van der Waals surface area contributed by atoms with E-state index in [1.165, 1.54) is 0 Å². The highest BCUT2D eigenvalue weighted by molar-refractivity contribution is 5.79. The van der Waals surface area contributed by atoms with Crippen molar-refractivity contribution in [2.45, 2.75) is 57.7 Å². The third-order valence-electron chi connectivity index (χ3n) is 5.00. The molecular weight excluding hydrogens is 283 g/mol. The van der Waals surface area contributed by atoms with Crippen LogP contribution in [-0.4, -0.2) is 41.3 Å². The first-order valence-corrected chi connectivity index (χ1v) is 7.82. The lowest BCUT2D eigenvalue weighted by Crippen LogP contribution is -2.47. The number of nitrogens with zero attached hydrogens (tertiary/aromatic N) is 1. The quantitative estimate of drug-likeness (QED) is 0.852. The molecule has 0 aromatic carbocycles. The maximum atomic E-state index is 12.5. The van der Waals surface area contributed by atoms with Gasteiger partial charge in [-0.05, 0) is 50.4 Å². The lowest BCUT2D eigenvalue weighted by atomic mass is 9.81. The van der Waals surface area contributed by atoms with Gasteiger partial charge in [-0.15, -0.1) is 0 Å². The summed E-state index contributed by atoms with van der Waals surface area (Å²) in [5.41, 5.74) is 0. The largest absolute Gasteiger partial charge is 0.414 e. The molecule has 1 heterocycles. The van der Waals surface area contributed by atoms with Crippen molar-refractivity contribution in [2.75, 3.05) is 13.1 Å². The van der Waals surface area contributed by atoms with Crippen LogP contribution in [0.3, 0.4) is 0 Å². The van der Waals surface area contributed by atoms with Crippen LogP contribution in [0.5, 0.6) is 0 Å². The van der Waals surface area contributed by atoms with Crippen molar-refractivity contribution in [1.29, 1.82) is 0 Å². The molecule has 1 atom stereocenters. The Morgan fingerprint density at radius 2 is 1.62 bits per heavy atom. The molecule has 2 aliphatic rings. The highest BCUT2D eigenvalue weighted by Crippen LogP contribution is 2.34. The lowest BCUT2D eigenvalue weighted by Gasteiger charge is -2.37. The van der Waals surface area contributed by atoms with Gasteiger partial charge in [-0.3, -0.25) is 4.79 Å². The van der Waals surface area contributed by atoms with Crippen LogP contribution in [0, 0.1) is 17.8 Å². The summed E-state index contributed by atoms with van der Waals surface area (Å²) >= 11 is 0. The molecule has 0 aromatic rings. The van der Waals surface area contributed by atoms with E-state index < -0.39 is 18.2 Å². The third-order valence-corrected chi connectivity index (χ3v) is 5.00. The van der Waals surface area contributed by atoms with Crippen LogP contribution in [-0.2, 0) is 4.79 Å². The molecule has 0 bridgehead atoms. The number of aliphatic hydroxyl groups is 1. The number of amides is 1. The minimum atomic E-state index is -4.56. The molecular formula is C15H24F3NO2. The van der Waals surface area contributed by atoms with Gasteiger partial charge in [0.1, 0.15) is 0 Å².